The van der Waals surface area contributed by atoms with Gasteiger partial charge in [-0.2, -0.15) is 11.8 Å². The van der Waals surface area contributed by atoms with Gasteiger partial charge in [0.1, 0.15) is 5.78 Å². The summed E-state index contributed by atoms with van der Waals surface area (Å²) in [4.78, 5) is 11.8. The van der Waals surface area contributed by atoms with E-state index in [0.29, 0.717) is 11.7 Å². The molecule has 0 radical (unpaired) electrons. The quantitative estimate of drug-likeness (QED) is 0.658. The Morgan fingerprint density at radius 1 is 1.23 bits per heavy atom. The molecular formula is C11H22OS. The van der Waals surface area contributed by atoms with Gasteiger partial charge < -0.3 is 0 Å². The molecule has 0 spiro atoms. The maximum atomic E-state index is 11.8. The Morgan fingerprint density at radius 2 is 1.77 bits per heavy atom. The van der Waals surface area contributed by atoms with Crippen molar-refractivity contribution in [3.8, 4) is 0 Å². The number of hydrogen-bond acceptors (Lipinski definition) is 2. The Kier molecular flexibility index (Phi) is 6.48. The second-order valence-electron chi connectivity index (χ2n) is 4.34. The molecule has 0 saturated carbocycles. The predicted octanol–water partition coefficient (Wildman–Crippen LogP) is 3.24. The minimum Gasteiger partial charge on any atom is -0.299 e. The molecule has 2 heteroatoms. The molecule has 0 aliphatic carbocycles. The number of carbonyl (C=O) groups is 1. The molecule has 0 aliphatic heterocycles. The second-order valence-corrected chi connectivity index (χ2v) is 5.25. The number of carbonyl (C=O) groups excluding carboxylic acids is 1. The molecule has 1 nitrogen and oxygen atoms in total. The van der Waals surface area contributed by atoms with Gasteiger partial charge >= 0.3 is 0 Å². The fourth-order valence-electron chi connectivity index (χ4n) is 1.51. The SMILES string of the molecule is CSCC(CC(C)C)C(=O)C(C)C. The van der Waals surface area contributed by atoms with Crippen LogP contribution in [0.5, 0.6) is 0 Å². The van der Waals surface area contributed by atoms with Crippen molar-refractivity contribution in [3.63, 3.8) is 0 Å². The van der Waals surface area contributed by atoms with E-state index in [2.05, 4.69) is 20.1 Å². The average Bonchev–Trinajstić information content (AvgIpc) is 2.01. The fourth-order valence-corrected chi connectivity index (χ4v) is 2.21. The first-order chi connectivity index (χ1) is 5.99. The fraction of sp³-hybridized carbons (Fsp3) is 0.909. The van der Waals surface area contributed by atoms with E-state index in [4.69, 9.17) is 0 Å². The minimum atomic E-state index is 0.191. The first kappa shape index (κ1) is 13.0. The number of thioether (sulfide) groups is 1. The summed E-state index contributed by atoms with van der Waals surface area (Å²) in [5.74, 6) is 2.50. The molecule has 0 amide bonds. The van der Waals surface area contributed by atoms with E-state index < -0.39 is 0 Å². The predicted molar refractivity (Wildman–Crippen MR) is 61.2 cm³/mol. The highest BCUT2D eigenvalue weighted by Gasteiger charge is 2.21. The van der Waals surface area contributed by atoms with Crippen molar-refractivity contribution in [3.05, 3.63) is 0 Å². The third kappa shape index (κ3) is 5.35. The number of rotatable bonds is 6. The lowest BCUT2D eigenvalue weighted by atomic mass is 9.89. The van der Waals surface area contributed by atoms with Gasteiger partial charge in [-0.3, -0.25) is 4.79 Å². The third-order valence-corrected chi connectivity index (χ3v) is 2.83. The molecule has 0 saturated heterocycles. The maximum Gasteiger partial charge on any atom is 0.139 e. The zero-order valence-corrected chi connectivity index (χ0v) is 10.3. The van der Waals surface area contributed by atoms with Crippen LogP contribution in [-0.4, -0.2) is 17.8 Å². The van der Waals surface area contributed by atoms with Gasteiger partial charge in [-0.05, 0) is 18.6 Å². The minimum absolute atomic E-state index is 0.191. The van der Waals surface area contributed by atoms with Crippen LogP contribution in [-0.2, 0) is 4.79 Å². The van der Waals surface area contributed by atoms with Crippen LogP contribution in [0.25, 0.3) is 0 Å². The Hall–Kier alpha value is 0.0200. The molecule has 1 atom stereocenters. The van der Waals surface area contributed by atoms with Gasteiger partial charge in [0.2, 0.25) is 0 Å². The summed E-state index contributed by atoms with van der Waals surface area (Å²) in [6.07, 6.45) is 3.11. The third-order valence-electron chi connectivity index (χ3n) is 2.10. The van der Waals surface area contributed by atoms with Crippen LogP contribution in [0.3, 0.4) is 0 Å². The Balaban J connectivity index is 4.15. The molecule has 13 heavy (non-hydrogen) atoms. The van der Waals surface area contributed by atoms with E-state index in [1.165, 1.54) is 0 Å². The molecule has 0 aromatic heterocycles. The van der Waals surface area contributed by atoms with Crippen molar-refractivity contribution in [1.82, 2.24) is 0 Å². The zero-order valence-electron chi connectivity index (χ0n) is 9.46. The van der Waals surface area contributed by atoms with Gasteiger partial charge in [-0.1, -0.05) is 27.7 Å². The first-order valence-electron chi connectivity index (χ1n) is 5.01. The monoisotopic (exact) mass is 202 g/mol. The molecule has 0 bridgehead atoms. The van der Waals surface area contributed by atoms with Gasteiger partial charge in [0.15, 0.2) is 0 Å². The highest BCUT2D eigenvalue weighted by Crippen LogP contribution is 2.20. The number of ketones is 1. The van der Waals surface area contributed by atoms with Crippen molar-refractivity contribution in [2.45, 2.75) is 34.1 Å². The van der Waals surface area contributed by atoms with E-state index in [1.54, 1.807) is 11.8 Å². The maximum absolute atomic E-state index is 11.8. The summed E-state index contributed by atoms with van der Waals surface area (Å²) in [6, 6.07) is 0. The van der Waals surface area contributed by atoms with E-state index in [0.717, 1.165) is 12.2 Å². The zero-order chi connectivity index (χ0) is 10.4. The highest BCUT2D eigenvalue weighted by atomic mass is 32.2. The van der Waals surface area contributed by atoms with Crippen molar-refractivity contribution < 1.29 is 4.79 Å². The van der Waals surface area contributed by atoms with E-state index >= 15 is 0 Å². The normalized spacial score (nSPS) is 13.8. The van der Waals surface area contributed by atoms with Crippen LogP contribution in [0, 0.1) is 17.8 Å². The summed E-state index contributed by atoms with van der Waals surface area (Å²) in [5.41, 5.74) is 0. The smallest absolute Gasteiger partial charge is 0.139 e. The molecule has 1 unspecified atom stereocenters. The van der Waals surface area contributed by atoms with Crippen molar-refractivity contribution in [1.29, 1.82) is 0 Å². The Labute approximate surface area is 86.7 Å². The van der Waals surface area contributed by atoms with Crippen LogP contribution in [0.2, 0.25) is 0 Å². The van der Waals surface area contributed by atoms with Crippen LogP contribution in [0.15, 0.2) is 0 Å². The highest BCUT2D eigenvalue weighted by molar-refractivity contribution is 7.98. The molecule has 0 heterocycles. The van der Waals surface area contributed by atoms with Gasteiger partial charge in [0.25, 0.3) is 0 Å². The van der Waals surface area contributed by atoms with Gasteiger partial charge in [0, 0.05) is 17.6 Å². The second kappa shape index (κ2) is 6.47. The standard InChI is InChI=1S/C11H22OS/c1-8(2)6-10(7-13-5)11(12)9(3)4/h8-10H,6-7H2,1-5H3. The van der Waals surface area contributed by atoms with Crippen molar-refractivity contribution >= 4 is 17.5 Å². The molecule has 0 N–H and O–H groups in total. The lowest BCUT2D eigenvalue weighted by Gasteiger charge is -2.18. The van der Waals surface area contributed by atoms with Gasteiger partial charge in [-0.25, -0.2) is 0 Å². The Morgan fingerprint density at radius 3 is 2.08 bits per heavy atom. The van der Waals surface area contributed by atoms with Crippen molar-refractivity contribution in [2.24, 2.45) is 17.8 Å². The van der Waals surface area contributed by atoms with Gasteiger partial charge in [-0.15, -0.1) is 0 Å². The first-order valence-corrected chi connectivity index (χ1v) is 6.41. The van der Waals surface area contributed by atoms with Gasteiger partial charge in [0.05, 0.1) is 0 Å². The summed E-state index contributed by atoms with van der Waals surface area (Å²) >= 11 is 1.78. The molecule has 0 aliphatic rings. The number of Topliss-reactive ketones (excluding diaryl/α,β-unsaturated/α-hetero) is 1. The molecule has 0 fully saturated rings. The van der Waals surface area contributed by atoms with E-state index in [9.17, 15) is 4.79 Å². The Bertz CT molecular complexity index is 152. The molecule has 0 rings (SSSR count). The average molecular weight is 202 g/mol. The molecule has 78 valence electrons. The van der Waals surface area contributed by atoms with E-state index in [-0.39, 0.29) is 11.8 Å². The molecule has 0 aromatic rings. The van der Waals surface area contributed by atoms with Crippen molar-refractivity contribution in [2.75, 3.05) is 12.0 Å². The largest absolute Gasteiger partial charge is 0.299 e. The van der Waals surface area contributed by atoms with Crippen LogP contribution in [0.1, 0.15) is 34.1 Å². The van der Waals surface area contributed by atoms with Crippen LogP contribution < -0.4 is 0 Å². The molecule has 0 aromatic carbocycles. The topological polar surface area (TPSA) is 17.1 Å². The summed E-state index contributed by atoms with van der Waals surface area (Å²) < 4.78 is 0. The van der Waals surface area contributed by atoms with E-state index in [1.807, 2.05) is 13.8 Å². The summed E-state index contributed by atoms with van der Waals surface area (Å²) in [5, 5.41) is 0. The van der Waals surface area contributed by atoms with Crippen LogP contribution >= 0.6 is 11.8 Å². The molecular weight excluding hydrogens is 180 g/mol. The lowest BCUT2D eigenvalue weighted by Crippen LogP contribution is -2.23. The number of hydrogen-bond donors (Lipinski definition) is 0. The lowest BCUT2D eigenvalue weighted by molar-refractivity contribution is -0.125. The summed E-state index contributed by atoms with van der Waals surface area (Å²) in [7, 11) is 0. The van der Waals surface area contributed by atoms with Crippen LogP contribution in [0.4, 0.5) is 0 Å². The summed E-state index contributed by atoms with van der Waals surface area (Å²) in [6.45, 7) is 8.36.